The van der Waals surface area contributed by atoms with E-state index in [2.05, 4.69) is 20.3 Å². The Bertz CT molecular complexity index is 627. The van der Waals surface area contributed by atoms with Crippen LogP contribution in [-0.4, -0.2) is 20.9 Å². The number of nitrogens with one attached hydrogen (secondary N) is 1. The van der Waals surface area contributed by atoms with E-state index in [9.17, 15) is 9.18 Å². The molecule has 2 rings (SSSR count). The molecule has 1 N–H and O–H groups in total. The number of nitrogens with zero attached hydrogens (tertiary/aromatic N) is 3. The third kappa shape index (κ3) is 3.23. The average Bonchev–Trinajstić information content (AvgIpc) is 2.30. The standard InChI is InChI=1S/C12H10ClFN4O/c1-6-3-7(2)17-12(16-6)18-11(19)9-4-8(14)5-15-10(9)13/h3-5H,1-2H3,(H,16,17,18,19). The molecule has 7 heteroatoms. The van der Waals surface area contributed by atoms with Crippen LogP contribution in [-0.2, 0) is 0 Å². The predicted molar refractivity (Wildman–Crippen MR) is 68.7 cm³/mol. The molecule has 5 nitrogen and oxygen atoms in total. The molecule has 0 aliphatic carbocycles. The van der Waals surface area contributed by atoms with Crippen LogP contribution in [0.2, 0.25) is 5.15 Å². The van der Waals surface area contributed by atoms with Gasteiger partial charge in [-0.3, -0.25) is 10.1 Å². The van der Waals surface area contributed by atoms with E-state index in [1.807, 2.05) is 0 Å². The van der Waals surface area contributed by atoms with Gasteiger partial charge in [-0.15, -0.1) is 0 Å². The molecule has 0 aliphatic rings. The molecule has 19 heavy (non-hydrogen) atoms. The molecule has 2 aromatic heterocycles. The van der Waals surface area contributed by atoms with Gasteiger partial charge in [-0.25, -0.2) is 19.3 Å². The van der Waals surface area contributed by atoms with Crippen molar-refractivity contribution in [3.8, 4) is 0 Å². The molecule has 2 heterocycles. The highest BCUT2D eigenvalue weighted by atomic mass is 35.5. The number of carbonyl (C=O) groups excluding carboxylic acids is 1. The first kappa shape index (κ1) is 13.4. The molecule has 1 amide bonds. The fraction of sp³-hybridized carbons (Fsp3) is 0.167. The van der Waals surface area contributed by atoms with Gasteiger partial charge in [-0.05, 0) is 26.0 Å². The van der Waals surface area contributed by atoms with Gasteiger partial charge >= 0.3 is 0 Å². The van der Waals surface area contributed by atoms with E-state index in [1.165, 1.54) is 0 Å². The van der Waals surface area contributed by atoms with Gasteiger partial charge in [-0.2, -0.15) is 0 Å². The highest BCUT2D eigenvalue weighted by molar-refractivity contribution is 6.33. The number of hydrogen-bond donors (Lipinski definition) is 1. The number of halogens is 2. The summed E-state index contributed by atoms with van der Waals surface area (Å²) in [7, 11) is 0. The van der Waals surface area contributed by atoms with Gasteiger partial charge in [0.1, 0.15) is 11.0 Å². The first-order valence-electron chi connectivity index (χ1n) is 5.40. The zero-order chi connectivity index (χ0) is 14.0. The van der Waals surface area contributed by atoms with E-state index >= 15 is 0 Å². The van der Waals surface area contributed by atoms with E-state index in [1.54, 1.807) is 19.9 Å². The number of aryl methyl sites for hydroxylation is 2. The number of pyridine rings is 1. The quantitative estimate of drug-likeness (QED) is 0.859. The molecule has 0 unspecified atom stereocenters. The summed E-state index contributed by atoms with van der Waals surface area (Å²) < 4.78 is 13.0. The predicted octanol–water partition coefficient (Wildman–Crippen LogP) is 2.53. The summed E-state index contributed by atoms with van der Waals surface area (Å²) in [5, 5.41) is 2.38. The van der Waals surface area contributed by atoms with Crippen LogP contribution in [0.1, 0.15) is 21.7 Å². The Hall–Kier alpha value is -2.08. The SMILES string of the molecule is Cc1cc(C)nc(NC(=O)c2cc(F)cnc2Cl)n1. The smallest absolute Gasteiger partial charge is 0.261 e. The van der Waals surface area contributed by atoms with E-state index in [4.69, 9.17) is 11.6 Å². The highest BCUT2D eigenvalue weighted by Gasteiger charge is 2.14. The fourth-order valence-electron chi connectivity index (χ4n) is 1.53. The molecule has 0 saturated heterocycles. The third-order valence-electron chi connectivity index (χ3n) is 2.26. The second-order valence-electron chi connectivity index (χ2n) is 3.92. The average molecular weight is 281 g/mol. The van der Waals surface area contributed by atoms with Crippen molar-refractivity contribution in [1.82, 2.24) is 15.0 Å². The Morgan fingerprint density at radius 1 is 1.26 bits per heavy atom. The van der Waals surface area contributed by atoms with E-state index < -0.39 is 11.7 Å². The van der Waals surface area contributed by atoms with Gasteiger partial charge in [-0.1, -0.05) is 11.6 Å². The van der Waals surface area contributed by atoms with Gasteiger partial charge in [0, 0.05) is 11.4 Å². The van der Waals surface area contributed by atoms with Crippen molar-refractivity contribution in [1.29, 1.82) is 0 Å². The number of aromatic nitrogens is 3. The lowest BCUT2D eigenvalue weighted by atomic mass is 10.2. The normalized spacial score (nSPS) is 10.3. The second kappa shape index (κ2) is 5.27. The second-order valence-corrected chi connectivity index (χ2v) is 4.28. The molecule has 2 aromatic rings. The van der Waals surface area contributed by atoms with E-state index in [0.29, 0.717) is 11.4 Å². The summed E-state index contributed by atoms with van der Waals surface area (Å²) in [6.45, 7) is 3.56. The number of rotatable bonds is 2. The van der Waals surface area contributed by atoms with Crippen molar-refractivity contribution >= 4 is 23.5 Å². The molecule has 0 aliphatic heterocycles. The Morgan fingerprint density at radius 3 is 2.53 bits per heavy atom. The molecule has 0 radical (unpaired) electrons. The number of hydrogen-bond acceptors (Lipinski definition) is 4. The number of anilines is 1. The van der Waals surface area contributed by atoms with Crippen molar-refractivity contribution in [2.24, 2.45) is 0 Å². The monoisotopic (exact) mass is 280 g/mol. The summed E-state index contributed by atoms with van der Waals surface area (Å²) in [4.78, 5) is 23.6. The first-order chi connectivity index (χ1) is 8.95. The van der Waals surface area contributed by atoms with Crippen LogP contribution in [0.4, 0.5) is 10.3 Å². The van der Waals surface area contributed by atoms with Crippen LogP contribution in [0.5, 0.6) is 0 Å². The first-order valence-corrected chi connectivity index (χ1v) is 5.78. The van der Waals surface area contributed by atoms with Gasteiger partial charge in [0.15, 0.2) is 0 Å². The molecule has 0 bridgehead atoms. The van der Waals surface area contributed by atoms with Crippen LogP contribution in [0.3, 0.4) is 0 Å². The van der Waals surface area contributed by atoms with Crippen molar-refractivity contribution in [3.63, 3.8) is 0 Å². The lowest BCUT2D eigenvalue weighted by Crippen LogP contribution is -2.16. The molecule has 0 spiro atoms. The van der Waals surface area contributed by atoms with Gasteiger partial charge in [0.2, 0.25) is 5.95 Å². The lowest BCUT2D eigenvalue weighted by Gasteiger charge is -2.06. The molecule has 0 aromatic carbocycles. The minimum atomic E-state index is -0.643. The Kier molecular flexibility index (Phi) is 3.71. The number of amides is 1. The molecule has 0 fully saturated rings. The molecular formula is C12H10ClFN4O. The Balaban J connectivity index is 2.28. The summed E-state index contributed by atoms with van der Waals surface area (Å²) >= 11 is 5.74. The minimum Gasteiger partial charge on any atom is -0.290 e. The number of carbonyl (C=O) groups is 1. The van der Waals surface area contributed by atoms with Crippen molar-refractivity contribution < 1.29 is 9.18 Å². The molecule has 0 atom stereocenters. The van der Waals surface area contributed by atoms with Crippen LogP contribution in [0, 0.1) is 19.7 Å². The summed E-state index contributed by atoms with van der Waals surface area (Å²) in [5.74, 6) is -1.11. The van der Waals surface area contributed by atoms with Crippen LogP contribution >= 0.6 is 11.6 Å². The minimum absolute atomic E-state index is 0.0653. The van der Waals surface area contributed by atoms with Crippen LogP contribution < -0.4 is 5.32 Å². The maximum absolute atomic E-state index is 13.0. The van der Waals surface area contributed by atoms with Crippen molar-refractivity contribution in [3.05, 3.63) is 46.3 Å². The summed E-state index contributed by atoms with van der Waals surface area (Å²) in [5.41, 5.74) is 1.36. The largest absolute Gasteiger partial charge is 0.290 e. The van der Waals surface area contributed by atoms with Gasteiger partial charge in [0.25, 0.3) is 5.91 Å². The summed E-state index contributed by atoms with van der Waals surface area (Å²) in [6.07, 6.45) is 0.937. The fourth-order valence-corrected chi connectivity index (χ4v) is 1.72. The maximum atomic E-state index is 13.0. The zero-order valence-corrected chi connectivity index (χ0v) is 11.0. The third-order valence-corrected chi connectivity index (χ3v) is 2.56. The Morgan fingerprint density at radius 2 is 1.89 bits per heavy atom. The van der Waals surface area contributed by atoms with Crippen LogP contribution in [0.15, 0.2) is 18.3 Å². The van der Waals surface area contributed by atoms with E-state index in [-0.39, 0.29) is 16.7 Å². The molecule has 98 valence electrons. The topological polar surface area (TPSA) is 67.8 Å². The lowest BCUT2D eigenvalue weighted by molar-refractivity contribution is 0.102. The molecule has 0 saturated carbocycles. The highest BCUT2D eigenvalue weighted by Crippen LogP contribution is 2.15. The maximum Gasteiger partial charge on any atom is 0.261 e. The zero-order valence-electron chi connectivity index (χ0n) is 10.2. The van der Waals surface area contributed by atoms with Crippen molar-refractivity contribution in [2.45, 2.75) is 13.8 Å². The van der Waals surface area contributed by atoms with Crippen molar-refractivity contribution in [2.75, 3.05) is 5.32 Å². The molecular weight excluding hydrogens is 271 g/mol. The van der Waals surface area contributed by atoms with Gasteiger partial charge < -0.3 is 0 Å². The van der Waals surface area contributed by atoms with E-state index in [0.717, 1.165) is 12.3 Å². The van der Waals surface area contributed by atoms with Crippen LogP contribution in [0.25, 0.3) is 0 Å². The Labute approximate surface area is 113 Å². The van der Waals surface area contributed by atoms with Gasteiger partial charge in [0.05, 0.1) is 11.8 Å². The summed E-state index contributed by atoms with van der Waals surface area (Å²) in [6, 6.07) is 2.78.